The summed E-state index contributed by atoms with van der Waals surface area (Å²) in [4.78, 5) is 20.2. The maximum absolute atomic E-state index is 11.4. The first-order chi connectivity index (χ1) is 13.5. The minimum absolute atomic E-state index is 0.296. The first-order valence-electron chi connectivity index (χ1n) is 10.2. The summed E-state index contributed by atoms with van der Waals surface area (Å²) < 4.78 is 12.6. The van der Waals surface area contributed by atoms with E-state index in [0.29, 0.717) is 17.7 Å². The topological polar surface area (TPSA) is 109 Å². The minimum Gasteiger partial charge on any atom is -0.436 e. The largest absolute Gasteiger partial charge is 0.436 e. The zero-order chi connectivity index (χ0) is 19.3. The maximum atomic E-state index is 11.4. The Morgan fingerprint density at radius 1 is 1.32 bits per heavy atom. The number of aromatic nitrogens is 4. The van der Waals surface area contributed by atoms with Gasteiger partial charge >= 0.3 is 6.09 Å². The van der Waals surface area contributed by atoms with Crippen molar-refractivity contribution in [3.8, 4) is 0 Å². The molecular weight excluding hydrogens is 358 g/mol. The monoisotopic (exact) mass is 385 g/mol. The molecule has 0 aliphatic heterocycles. The fourth-order valence-electron chi connectivity index (χ4n) is 6.39. The third-order valence-corrected chi connectivity index (χ3v) is 6.87. The molecule has 0 radical (unpaired) electrons. The van der Waals surface area contributed by atoms with Gasteiger partial charge in [-0.25, -0.2) is 9.78 Å². The number of rotatable bonds is 6. The van der Waals surface area contributed by atoms with Crippen molar-refractivity contribution >= 4 is 6.09 Å². The van der Waals surface area contributed by atoms with Gasteiger partial charge in [-0.15, -0.1) is 0 Å². The Bertz CT molecular complexity index is 838. The quantitative estimate of drug-likeness (QED) is 0.819. The van der Waals surface area contributed by atoms with Gasteiger partial charge in [-0.05, 0) is 61.7 Å². The van der Waals surface area contributed by atoms with E-state index >= 15 is 0 Å². The van der Waals surface area contributed by atoms with E-state index in [-0.39, 0.29) is 0 Å². The second kappa shape index (κ2) is 6.60. The van der Waals surface area contributed by atoms with Crippen LogP contribution in [0.1, 0.15) is 62.0 Å². The van der Waals surface area contributed by atoms with Crippen LogP contribution in [-0.2, 0) is 24.6 Å². The molecule has 6 rings (SSSR count). The van der Waals surface area contributed by atoms with Crippen molar-refractivity contribution in [2.24, 2.45) is 36.0 Å². The first-order valence-corrected chi connectivity index (χ1v) is 10.2. The molecule has 8 nitrogen and oxygen atoms in total. The zero-order valence-corrected chi connectivity index (χ0v) is 16.2. The van der Waals surface area contributed by atoms with Gasteiger partial charge in [0.2, 0.25) is 0 Å². The summed E-state index contributed by atoms with van der Waals surface area (Å²) >= 11 is 0. The smallest absolute Gasteiger partial charge is 0.405 e. The lowest BCUT2D eigenvalue weighted by Crippen LogP contribution is -2.47. The summed E-state index contributed by atoms with van der Waals surface area (Å²) in [5.41, 5.74) is 6.36. The molecule has 0 unspecified atom stereocenters. The molecule has 4 bridgehead atoms. The van der Waals surface area contributed by atoms with E-state index in [0.717, 1.165) is 35.7 Å². The summed E-state index contributed by atoms with van der Waals surface area (Å²) in [7, 11) is 1.89. The van der Waals surface area contributed by atoms with Crippen LogP contribution in [0, 0.1) is 23.2 Å². The van der Waals surface area contributed by atoms with E-state index < -0.39 is 12.2 Å². The number of carbonyl (C=O) groups is 1. The maximum Gasteiger partial charge on any atom is 0.405 e. The van der Waals surface area contributed by atoms with Crippen LogP contribution in [0.3, 0.4) is 0 Å². The molecule has 8 heteroatoms. The normalized spacial score (nSPS) is 31.8. The molecule has 0 saturated heterocycles. The highest BCUT2D eigenvalue weighted by Crippen LogP contribution is 2.60. The molecule has 150 valence electrons. The van der Waals surface area contributed by atoms with Crippen LogP contribution in [0.4, 0.5) is 4.79 Å². The van der Waals surface area contributed by atoms with Crippen LogP contribution < -0.4 is 5.73 Å². The van der Waals surface area contributed by atoms with E-state index in [1.54, 1.807) is 6.33 Å². The lowest BCUT2D eigenvalue weighted by molar-refractivity contribution is -0.0533. The van der Waals surface area contributed by atoms with Crippen molar-refractivity contribution in [2.45, 2.75) is 57.5 Å². The summed E-state index contributed by atoms with van der Waals surface area (Å²) in [5, 5.41) is 4.22. The van der Waals surface area contributed by atoms with E-state index in [1.165, 1.54) is 38.5 Å². The SMILES string of the molecule is Cn1cnc(C[C@H](OC(N)=O)c2nc(CC34CC5CC(CC(C5)C3)C4)no2)c1. The number of ether oxygens (including phenoxy) is 1. The highest BCUT2D eigenvalue weighted by Gasteiger charge is 2.51. The molecule has 2 heterocycles. The van der Waals surface area contributed by atoms with Crippen LogP contribution >= 0.6 is 0 Å². The van der Waals surface area contributed by atoms with Gasteiger partial charge in [-0.3, -0.25) is 0 Å². The number of aryl methyl sites for hydroxylation is 1. The average Bonchev–Trinajstić information content (AvgIpc) is 3.21. The highest BCUT2D eigenvalue weighted by molar-refractivity contribution is 5.64. The molecule has 1 atom stereocenters. The second-order valence-corrected chi connectivity index (χ2v) is 9.30. The average molecular weight is 385 g/mol. The van der Waals surface area contributed by atoms with Crippen LogP contribution in [-0.4, -0.2) is 25.8 Å². The first kappa shape index (κ1) is 17.7. The number of nitrogens with zero attached hydrogens (tertiary/aromatic N) is 4. The van der Waals surface area contributed by atoms with E-state index in [2.05, 4.69) is 15.1 Å². The molecule has 2 aromatic rings. The molecule has 4 saturated carbocycles. The van der Waals surface area contributed by atoms with Crippen LogP contribution in [0.5, 0.6) is 0 Å². The fraction of sp³-hybridized carbons (Fsp3) is 0.700. The van der Waals surface area contributed by atoms with Crippen molar-refractivity contribution in [2.75, 3.05) is 0 Å². The van der Waals surface area contributed by atoms with E-state index in [1.807, 2.05) is 17.8 Å². The van der Waals surface area contributed by atoms with Crippen molar-refractivity contribution in [1.82, 2.24) is 19.7 Å². The van der Waals surface area contributed by atoms with Crippen LogP contribution in [0.15, 0.2) is 17.0 Å². The zero-order valence-electron chi connectivity index (χ0n) is 16.2. The van der Waals surface area contributed by atoms with Crippen LogP contribution in [0.25, 0.3) is 0 Å². The minimum atomic E-state index is -0.859. The Morgan fingerprint density at radius 2 is 2.00 bits per heavy atom. The standard InChI is InChI=1S/C20H27N5O3/c1-25-10-15(22-11-25)5-16(27-19(21)26)18-23-17(24-28-18)9-20-6-12-2-13(7-20)4-14(3-12)8-20/h10-14,16H,2-9H2,1H3,(H2,21,26)/t12?,13?,14?,16-,20?/m0/s1. The van der Waals surface area contributed by atoms with Gasteiger partial charge in [0.25, 0.3) is 5.89 Å². The second-order valence-electron chi connectivity index (χ2n) is 9.30. The van der Waals surface area contributed by atoms with Gasteiger partial charge in [0.1, 0.15) is 0 Å². The van der Waals surface area contributed by atoms with E-state index in [4.69, 9.17) is 15.0 Å². The Balaban J connectivity index is 1.33. The number of nitrogens with two attached hydrogens (primary N) is 1. The van der Waals surface area contributed by atoms with Gasteiger partial charge in [0.05, 0.1) is 12.0 Å². The van der Waals surface area contributed by atoms with Crippen molar-refractivity contribution in [1.29, 1.82) is 0 Å². The number of imidazole rings is 1. The van der Waals surface area contributed by atoms with Gasteiger partial charge < -0.3 is 19.6 Å². The number of hydrogen-bond acceptors (Lipinski definition) is 6. The Labute approximate surface area is 163 Å². The summed E-state index contributed by atoms with van der Waals surface area (Å²) in [6, 6.07) is 0. The molecule has 28 heavy (non-hydrogen) atoms. The lowest BCUT2D eigenvalue weighted by atomic mass is 9.49. The number of hydrogen-bond donors (Lipinski definition) is 1. The molecule has 0 aromatic carbocycles. The van der Waals surface area contributed by atoms with Crippen LogP contribution in [0.2, 0.25) is 0 Å². The Morgan fingerprint density at radius 3 is 2.57 bits per heavy atom. The van der Waals surface area contributed by atoms with Gasteiger partial charge in [-0.1, -0.05) is 5.16 Å². The predicted octanol–water partition coefficient (Wildman–Crippen LogP) is 2.94. The third kappa shape index (κ3) is 3.40. The number of carbonyl (C=O) groups excluding carboxylic acids is 1. The fourth-order valence-corrected chi connectivity index (χ4v) is 6.39. The van der Waals surface area contributed by atoms with Gasteiger partial charge in [0, 0.05) is 26.1 Å². The summed E-state index contributed by atoms with van der Waals surface area (Å²) in [6.07, 6.45) is 11.3. The predicted molar refractivity (Wildman–Crippen MR) is 98.9 cm³/mol. The number of amides is 1. The summed E-state index contributed by atoms with van der Waals surface area (Å²) in [6.45, 7) is 0. The van der Waals surface area contributed by atoms with Gasteiger partial charge in [0.15, 0.2) is 11.9 Å². The Hall–Kier alpha value is -2.38. The molecule has 4 aliphatic carbocycles. The van der Waals surface area contributed by atoms with E-state index in [9.17, 15) is 4.79 Å². The summed E-state index contributed by atoms with van der Waals surface area (Å²) in [5.74, 6) is 3.66. The molecule has 1 amide bonds. The molecule has 0 spiro atoms. The molecule has 4 fully saturated rings. The Kier molecular flexibility index (Phi) is 4.17. The molecular formula is C20H27N5O3. The van der Waals surface area contributed by atoms with Crippen molar-refractivity contribution < 1.29 is 14.1 Å². The highest BCUT2D eigenvalue weighted by atomic mass is 16.6. The molecule has 4 aliphatic rings. The molecule has 2 aromatic heterocycles. The lowest BCUT2D eigenvalue weighted by Gasteiger charge is -2.56. The third-order valence-electron chi connectivity index (χ3n) is 6.87. The number of primary amides is 1. The van der Waals surface area contributed by atoms with Gasteiger partial charge in [-0.2, -0.15) is 4.98 Å². The van der Waals surface area contributed by atoms with Crippen molar-refractivity contribution in [3.05, 3.63) is 29.9 Å². The van der Waals surface area contributed by atoms with Crippen molar-refractivity contribution in [3.63, 3.8) is 0 Å². The molecule has 2 N–H and O–H groups in total.